The second kappa shape index (κ2) is 8.43. The topological polar surface area (TPSA) is 94.1 Å². The zero-order chi connectivity index (χ0) is 21.1. The summed E-state index contributed by atoms with van der Waals surface area (Å²) in [5, 5.41) is 12.1. The quantitative estimate of drug-likeness (QED) is 0.743. The molecule has 2 aromatic carbocycles. The van der Waals surface area contributed by atoms with Crippen LogP contribution in [0.2, 0.25) is 0 Å². The van der Waals surface area contributed by atoms with Crippen LogP contribution >= 0.6 is 0 Å². The molecule has 0 bridgehead atoms. The minimum absolute atomic E-state index is 0.265. The third-order valence-corrected chi connectivity index (χ3v) is 5.15. The average molecular weight is 399 g/mol. The van der Waals surface area contributed by atoms with Crippen LogP contribution in [0.1, 0.15) is 34.7 Å². The molecule has 0 saturated carbocycles. The van der Waals surface area contributed by atoms with E-state index in [4.69, 9.17) is 14.2 Å². The molecular formula is C22H25NO6. The monoisotopic (exact) mass is 399 g/mol. The summed E-state index contributed by atoms with van der Waals surface area (Å²) in [6, 6.07) is 8.30. The molecule has 7 nitrogen and oxygen atoms in total. The Hall–Kier alpha value is -3.22. The van der Waals surface area contributed by atoms with Gasteiger partial charge in [0.25, 0.3) is 5.91 Å². The van der Waals surface area contributed by atoms with E-state index >= 15 is 0 Å². The number of aliphatic carboxylic acids is 1. The fraction of sp³-hybridized carbons (Fsp3) is 0.364. The first-order valence-corrected chi connectivity index (χ1v) is 9.33. The van der Waals surface area contributed by atoms with Gasteiger partial charge in [-0.2, -0.15) is 0 Å². The number of ether oxygens (including phenoxy) is 3. The number of carboxylic acids is 1. The van der Waals surface area contributed by atoms with Gasteiger partial charge in [-0.05, 0) is 54.3 Å². The highest BCUT2D eigenvalue weighted by Gasteiger charge is 2.31. The standard InChI is InChI=1S/C22H25NO6/c1-12-7-15-10-20(29-18(15)8-13(12)2)22(26)23-16(11-21(24)25)14-5-6-17(27-3)19(9-14)28-4/h5-9,16,20H,10-11H2,1-4H3,(H,23,26)(H,24,25)/t16-,20+/m1/s1. The van der Waals surface area contributed by atoms with E-state index in [2.05, 4.69) is 5.32 Å². The first kappa shape index (κ1) is 20.5. The summed E-state index contributed by atoms with van der Waals surface area (Å²) in [4.78, 5) is 24.2. The van der Waals surface area contributed by atoms with Crippen LogP contribution in [-0.4, -0.2) is 37.3 Å². The molecule has 29 heavy (non-hydrogen) atoms. The van der Waals surface area contributed by atoms with Gasteiger partial charge in [0.05, 0.1) is 26.7 Å². The number of fused-ring (bicyclic) bond motifs is 1. The van der Waals surface area contributed by atoms with Crippen LogP contribution in [0.25, 0.3) is 0 Å². The van der Waals surface area contributed by atoms with Gasteiger partial charge in [-0.1, -0.05) is 12.1 Å². The van der Waals surface area contributed by atoms with Crippen molar-refractivity contribution >= 4 is 11.9 Å². The van der Waals surface area contributed by atoms with Crippen LogP contribution in [0.15, 0.2) is 30.3 Å². The first-order valence-electron chi connectivity index (χ1n) is 9.33. The maximum absolute atomic E-state index is 12.8. The summed E-state index contributed by atoms with van der Waals surface area (Å²) in [6.07, 6.45) is -0.504. The van der Waals surface area contributed by atoms with Gasteiger partial charge in [0.1, 0.15) is 5.75 Å². The molecule has 0 spiro atoms. The molecule has 1 amide bonds. The van der Waals surface area contributed by atoms with E-state index in [1.54, 1.807) is 18.2 Å². The predicted molar refractivity (Wildman–Crippen MR) is 107 cm³/mol. The van der Waals surface area contributed by atoms with Crippen molar-refractivity contribution in [3.8, 4) is 17.2 Å². The van der Waals surface area contributed by atoms with Crippen molar-refractivity contribution in [2.75, 3.05) is 14.2 Å². The molecule has 0 unspecified atom stereocenters. The fourth-order valence-corrected chi connectivity index (χ4v) is 3.42. The predicted octanol–water partition coefficient (Wildman–Crippen LogP) is 2.96. The van der Waals surface area contributed by atoms with Crippen molar-refractivity contribution in [2.24, 2.45) is 0 Å². The minimum atomic E-state index is -1.02. The molecule has 2 atom stereocenters. The molecule has 2 aromatic rings. The number of hydrogen-bond acceptors (Lipinski definition) is 5. The molecule has 3 rings (SSSR count). The SMILES string of the molecule is COc1ccc([C@@H](CC(=O)O)NC(=O)[C@@H]2Cc3cc(C)c(C)cc3O2)cc1OC. The lowest BCUT2D eigenvalue weighted by molar-refractivity contribution is -0.138. The van der Waals surface area contributed by atoms with Crippen molar-refractivity contribution in [2.45, 2.75) is 38.8 Å². The van der Waals surface area contributed by atoms with Gasteiger partial charge in [-0.15, -0.1) is 0 Å². The summed E-state index contributed by atoms with van der Waals surface area (Å²) in [5.41, 5.74) is 3.83. The maximum Gasteiger partial charge on any atom is 0.305 e. The van der Waals surface area contributed by atoms with Gasteiger partial charge in [-0.3, -0.25) is 9.59 Å². The van der Waals surface area contributed by atoms with E-state index in [1.165, 1.54) is 14.2 Å². The van der Waals surface area contributed by atoms with E-state index in [1.807, 2.05) is 26.0 Å². The molecule has 1 heterocycles. The van der Waals surface area contributed by atoms with Gasteiger partial charge in [0.2, 0.25) is 0 Å². The number of hydrogen-bond donors (Lipinski definition) is 2. The smallest absolute Gasteiger partial charge is 0.305 e. The lowest BCUT2D eigenvalue weighted by atomic mass is 10.0. The molecule has 0 saturated heterocycles. The zero-order valence-corrected chi connectivity index (χ0v) is 16.9. The van der Waals surface area contributed by atoms with E-state index in [0.29, 0.717) is 29.2 Å². The van der Waals surface area contributed by atoms with Crippen molar-refractivity contribution in [1.29, 1.82) is 0 Å². The van der Waals surface area contributed by atoms with Gasteiger partial charge < -0.3 is 24.6 Å². The lowest BCUT2D eigenvalue weighted by Gasteiger charge is -2.21. The number of carbonyl (C=O) groups is 2. The average Bonchev–Trinajstić information content (AvgIpc) is 3.09. The summed E-state index contributed by atoms with van der Waals surface area (Å²) in [5.74, 6) is 0.320. The van der Waals surface area contributed by atoms with E-state index in [9.17, 15) is 14.7 Å². The number of aryl methyl sites for hydroxylation is 2. The Kier molecular flexibility index (Phi) is 5.96. The summed E-state index contributed by atoms with van der Waals surface area (Å²) < 4.78 is 16.3. The summed E-state index contributed by atoms with van der Waals surface area (Å²) in [6.45, 7) is 4.01. The number of amides is 1. The molecular weight excluding hydrogens is 374 g/mol. The molecule has 1 aliphatic heterocycles. The molecule has 0 fully saturated rings. The second-order valence-electron chi connectivity index (χ2n) is 7.13. The van der Waals surface area contributed by atoms with Crippen LogP contribution in [0, 0.1) is 13.8 Å². The highest BCUT2D eigenvalue weighted by atomic mass is 16.5. The van der Waals surface area contributed by atoms with Crippen LogP contribution in [0.3, 0.4) is 0 Å². The summed E-state index contributed by atoms with van der Waals surface area (Å²) >= 11 is 0. The Labute approximate surface area is 169 Å². The van der Waals surface area contributed by atoms with Crippen molar-refractivity contribution < 1.29 is 28.9 Å². The van der Waals surface area contributed by atoms with E-state index in [-0.39, 0.29) is 12.3 Å². The molecule has 2 N–H and O–H groups in total. The van der Waals surface area contributed by atoms with Crippen LogP contribution < -0.4 is 19.5 Å². The highest BCUT2D eigenvalue weighted by molar-refractivity contribution is 5.83. The Morgan fingerprint density at radius 3 is 2.48 bits per heavy atom. The Morgan fingerprint density at radius 1 is 1.14 bits per heavy atom. The molecule has 0 aromatic heterocycles. The number of benzene rings is 2. The van der Waals surface area contributed by atoms with E-state index < -0.39 is 18.1 Å². The fourth-order valence-electron chi connectivity index (χ4n) is 3.42. The first-order chi connectivity index (χ1) is 13.8. The minimum Gasteiger partial charge on any atom is -0.493 e. The van der Waals surface area contributed by atoms with Crippen molar-refractivity contribution in [1.82, 2.24) is 5.32 Å². The molecule has 1 aliphatic rings. The largest absolute Gasteiger partial charge is 0.493 e. The third-order valence-electron chi connectivity index (χ3n) is 5.15. The Morgan fingerprint density at radius 2 is 1.83 bits per heavy atom. The number of methoxy groups -OCH3 is 2. The third kappa shape index (κ3) is 4.45. The Bertz CT molecular complexity index is 908. The van der Waals surface area contributed by atoms with Crippen molar-refractivity contribution in [3.05, 3.63) is 52.6 Å². The number of nitrogens with one attached hydrogen (secondary N) is 1. The maximum atomic E-state index is 12.8. The number of rotatable bonds is 7. The Balaban J connectivity index is 1.79. The summed E-state index contributed by atoms with van der Waals surface area (Å²) in [7, 11) is 3.02. The van der Waals surface area contributed by atoms with Gasteiger partial charge in [0.15, 0.2) is 17.6 Å². The zero-order valence-electron chi connectivity index (χ0n) is 16.9. The normalized spacial score (nSPS) is 15.8. The number of carboxylic acid groups (broad SMARTS) is 1. The van der Waals surface area contributed by atoms with E-state index in [0.717, 1.165) is 16.7 Å². The number of carbonyl (C=O) groups excluding carboxylic acids is 1. The van der Waals surface area contributed by atoms with Gasteiger partial charge in [-0.25, -0.2) is 0 Å². The molecule has 0 radical (unpaired) electrons. The van der Waals surface area contributed by atoms with Gasteiger partial charge >= 0.3 is 5.97 Å². The second-order valence-corrected chi connectivity index (χ2v) is 7.13. The molecule has 0 aliphatic carbocycles. The molecule has 7 heteroatoms. The van der Waals surface area contributed by atoms with Gasteiger partial charge in [0, 0.05) is 6.42 Å². The van der Waals surface area contributed by atoms with Crippen LogP contribution in [0.4, 0.5) is 0 Å². The van der Waals surface area contributed by atoms with Crippen LogP contribution in [-0.2, 0) is 16.0 Å². The van der Waals surface area contributed by atoms with Crippen LogP contribution in [0.5, 0.6) is 17.2 Å². The van der Waals surface area contributed by atoms with Crippen molar-refractivity contribution in [3.63, 3.8) is 0 Å². The molecule has 154 valence electrons. The highest BCUT2D eigenvalue weighted by Crippen LogP contribution is 2.33. The lowest BCUT2D eigenvalue weighted by Crippen LogP contribution is -2.40.